The Bertz CT molecular complexity index is 494. The summed E-state index contributed by atoms with van der Waals surface area (Å²) in [6.45, 7) is 7.06. The Morgan fingerprint density at radius 3 is 2.77 bits per heavy atom. The molecule has 0 bridgehead atoms. The lowest BCUT2D eigenvalue weighted by Crippen LogP contribution is -2.49. The number of morpholine rings is 1. The summed E-state index contributed by atoms with van der Waals surface area (Å²) in [5.41, 5.74) is 1.44. The molecule has 1 aliphatic carbocycles. The van der Waals surface area contributed by atoms with Crippen molar-refractivity contribution in [1.82, 2.24) is 14.9 Å². The molecule has 2 heterocycles. The predicted octanol–water partition coefficient (Wildman–Crippen LogP) is 2.16. The Kier molecular flexibility index (Phi) is 4.76. The lowest BCUT2D eigenvalue weighted by Gasteiger charge is -2.40. The highest BCUT2D eigenvalue weighted by atomic mass is 16.5. The SMILES string of the molecule is Cc1cc([C@H]2CN(CC3(O)CCCCC3)CCO2)nc(C)n1. The summed E-state index contributed by atoms with van der Waals surface area (Å²) in [5.74, 6) is 0.793. The van der Waals surface area contributed by atoms with Crippen molar-refractivity contribution in [3.63, 3.8) is 0 Å². The van der Waals surface area contributed by atoms with Crippen molar-refractivity contribution in [3.8, 4) is 0 Å². The number of hydrogen-bond donors (Lipinski definition) is 1. The smallest absolute Gasteiger partial charge is 0.125 e. The number of aryl methyl sites for hydroxylation is 2. The minimum absolute atomic E-state index is 0.0126. The number of aliphatic hydroxyl groups is 1. The Balaban J connectivity index is 1.66. The van der Waals surface area contributed by atoms with Crippen LogP contribution >= 0.6 is 0 Å². The number of nitrogens with zero attached hydrogens (tertiary/aromatic N) is 3. The molecule has 2 fully saturated rings. The van der Waals surface area contributed by atoms with Gasteiger partial charge in [-0.15, -0.1) is 0 Å². The van der Waals surface area contributed by atoms with Gasteiger partial charge in [0.15, 0.2) is 0 Å². The fourth-order valence-electron chi connectivity index (χ4n) is 3.72. The molecule has 0 aromatic carbocycles. The molecule has 0 unspecified atom stereocenters. The molecule has 2 aliphatic rings. The number of hydrogen-bond acceptors (Lipinski definition) is 5. The van der Waals surface area contributed by atoms with E-state index in [4.69, 9.17) is 4.74 Å². The van der Waals surface area contributed by atoms with Crippen LogP contribution in [0.4, 0.5) is 0 Å². The fourth-order valence-corrected chi connectivity index (χ4v) is 3.72. The highest BCUT2D eigenvalue weighted by molar-refractivity contribution is 5.13. The molecule has 122 valence electrons. The van der Waals surface area contributed by atoms with Gasteiger partial charge in [-0.1, -0.05) is 19.3 Å². The van der Waals surface area contributed by atoms with Crippen molar-refractivity contribution in [2.45, 2.75) is 57.7 Å². The molecule has 0 spiro atoms. The lowest BCUT2D eigenvalue weighted by molar-refractivity contribution is -0.0777. The van der Waals surface area contributed by atoms with E-state index >= 15 is 0 Å². The zero-order valence-corrected chi connectivity index (χ0v) is 13.7. The Labute approximate surface area is 132 Å². The van der Waals surface area contributed by atoms with Gasteiger partial charge >= 0.3 is 0 Å². The van der Waals surface area contributed by atoms with E-state index in [2.05, 4.69) is 14.9 Å². The van der Waals surface area contributed by atoms with E-state index in [9.17, 15) is 5.11 Å². The molecule has 1 aliphatic heterocycles. The lowest BCUT2D eigenvalue weighted by atomic mass is 9.84. The average molecular weight is 305 g/mol. The molecule has 1 aromatic heterocycles. The first-order valence-corrected chi connectivity index (χ1v) is 8.43. The number of rotatable bonds is 3. The van der Waals surface area contributed by atoms with Crippen LogP contribution in [-0.2, 0) is 4.74 Å². The van der Waals surface area contributed by atoms with Gasteiger partial charge in [0.1, 0.15) is 11.9 Å². The van der Waals surface area contributed by atoms with Gasteiger partial charge in [-0.2, -0.15) is 0 Å². The van der Waals surface area contributed by atoms with Gasteiger partial charge in [0.2, 0.25) is 0 Å². The highest BCUT2D eigenvalue weighted by Gasteiger charge is 2.33. The molecule has 1 saturated heterocycles. The van der Waals surface area contributed by atoms with Crippen LogP contribution in [0.25, 0.3) is 0 Å². The zero-order valence-electron chi connectivity index (χ0n) is 13.7. The molecule has 0 amide bonds. The van der Waals surface area contributed by atoms with Crippen molar-refractivity contribution >= 4 is 0 Å². The first kappa shape index (κ1) is 15.8. The van der Waals surface area contributed by atoms with Crippen molar-refractivity contribution in [2.75, 3.05) is 26.2 Å². The van der Waals surface area contributed by atoms with Gasteiger partial charge in [0.05, 0.1) is 17.9 Å². The topological polar surface area (TPSA) is 58.5 Å². The van der Waals surface area contributed by atoms with Gasteiger partial charge in [0.25, 0.3) is 0 Å². The third-order valence-corrected chi connectivity index (χ3v) is 4.77. The van der Waals surface area contributed by atoms with Crippen LogP contribution in [0.1, 0.15) is 55.4 Å². The van der Waals surface area contributed by atoms with Crippen LogP contribution in [0, 0.1) is 13.8 Å². The van der Waals surface area contributed by atoms with E-state index in [0.29, 0.717) is 6.61 Å². The third-order valence-electron chi connectivity index (χ3n) is 4.77. The Morgan fingerprint density at radius 1 is 1.27 bits per heavy atom. The standard InChI is InChI=1S/C17H27N3O2/c1-13-10-15(19-14(2)18-13)16-11-20(8-9-22-16)12-17(21)6-4-3-5-7-17/h10,16,21H,3-9,11-12H2,1-2H3/t16-/m1/s1. The molecule has 0 radical (unpaired) electrons. The second-order valence-electron chi connectivity index (χ2n) is 6.86. The van der Waals surface area contributed by atoms with Gasteiger partial charge in [0, 0.05) is 25.3 Å². The number of ether oxygens (including phenoxy) is 1. The first-order chi connectivity index (χ1) is 10.5. The van der Waals surface area contributed by atoms with Crippen molar-refractivity contribution < 1.29 is 9.84 Å². The molecule has 1 atom stereocenters. The van der Waals surface area contributed by atoms with Crippen molar-refractivity contribution in [3.05, 3.63) is 23.3 Å². The van der Waals surface area contributed by atoms with Gasteiger partial charge < -0.3 is 9.84 Å². The summed E-state index contributed by atoms with van der Waals surface area (Å²) in [6, 6.07) is 2.01. The van der Waals surface area contributed by atoms with Gasteiger partial charge in [-0.05, 0) is 32.8 Å². The molecular weight excluding hydrogens is 278 g/mol. The zero-order chi connectivity index (χ0) is 15.6. The summed E-state index contributed by atoms with van der Waals surface area (Å²) in [6.07, 6.45) is 5.40. The third kappa shape index (κ3) is 3.83. The summed E-state index contributed by atoms with van der Waals surface area (Å²) in [7, 11) is 0. The van der Waals surface area contributed by atoms with Crippen molar-refractivity contribution in [1.29, 1.82) is 0 Å². The van der Waals surface area contributed by atoms with Crippen LogP contribution in [0.5, 0.6) is 0 Å². The molecule has 1 N–H and O–H groups in total. The minimum atomic E-state index is -0.502. The average Bonchev–Trinajstić information content (AvgIpc) is 2.47. The summed E-state index contributed by atoms with van der Waals surface area (Å²) in [4.78, 5) is 11.2. The van der Waals surface area contributed by atoms with Crippen LogP contribution in [0.15, 0.2) is 6.07 Å². The van der Waals surface area contributed by atoms with Crippen LogP contribution in [-0.4, -0.2) is 51.8 Å². The van der Waals surface area contributed by atoms with Crippen molar-refractivity contribution in [2.24, 2.45) is 0 Å². The summed E-state index contributed by atoms with van der Waals surface area (Å²) >= 11 is 0. The minimum Gasteiger partial charge on any atom is -0.389 e. The van der Waals surface area contributed by atoms with Crippen LogP contribution < -0.4 is 0 Å². The van der Waals surface area contributed by atoms with E-state index in [1.807, 2.05) is 19.9 Å². The maximum atomic E-state index is 10.8. The van der Waals surface area contributed by atoms with E-state index in [0.717, 1.165) is 62.5 Å². The normalized spacial score (nSPS) is 26.0. The second-order valence-corrected chi connectivity index (χ2v) is 6.86. The molecule has 3 rings (SSSR count). The highest BCUT2D eigenvalue weighted by Crippen LogP contribution is 2.30. The van der Waals surface area contributed by atoms with E-state index < -0.39 is 5.60 Å². The summed E-state index contributed by atoms with van der Waals surface area (Å²) in [5, 5.41) is 10.8. The first-order valence-electron chi connectivity index (χ1n) is 8.43. The van der Waals surface area contributed by atoms with E-state index in [-0.39, 0.29) is 6.10 Å². The molecule has 1 saturated carbocycles. The Hall–Kier alpha value is -1.04. The molecule has 1 aromatic rings. The maximum absolute atomic E-state index is 10.8. The van der Waals surface area contributed by atoms with Crippen LogP contribution in [0.3, 0.4) is 0 Å². The van der Waals surface area contributed by atoms with Gasteiger partial charge in [-0.3, -0.25) is 4.90 Å². The molecule has 5 heteroatoms. The molecule has 22 heavy (non-hydrogen) atoms. The fraction of sp³-hybridized carbons (Fsp3) is 0.765. The predicted molar refractivity (Wildman–Crippen MR) is 84.7 cm³/mol. The Morgan fingerprint density at radius 2 is 2.05 bits per heavy atom. The number of β-amino-alcohol motifs (C(OH)–C–C–N with tert-alkyl or cyclic N) is 1. The van der Waals surface area contributed by atoms with Crippen LogP contribution in [0.2, 0.25) is 0 Å². The van der Waals surface area contributed by atoms with E-state index in [1.165, 1.54) is 6.42 Å². The second kappa shape index (κ2) is 6.60. The number of aromatic nitrogens is 2. The summed E-state index contributed by atoms with van der Waals surface area (Å²) < 4.78 is 5.91. The van der Waals surface area contributed by atoms with E-state index in [1.54, 1.807) is 0 Å². The monoisotopic (exact) mass is 305 g/mol. The molecule has 5 nitrogen and oxygen atoms in total. The maximum Gasteiger partial charge on any atom is 0.125 e. The molecular formula is C17H27N3O2. The largest absolute Gasteiger partial charge is 0.389 e. The quantitative estimate of drug-likeness (QED) is 0.927. The van der Waals surface area contributed by atoms with Gasteiger partial charge in [-0.25, -0.2) is 9.97 Å².